The van der Waals surface area contributed by atoms with Crippen molar-refractivity contribution in [1.82, 2.24) is 19.9 Å². The third-order valence-corrected chi connectivity index (χ3v) is 4.37. The van der Waals surface area contributed by atoms with Gasteiger partial charge in [0.1, 0.15) is 5.82 Å². The van der Waals surface area contributed by atoms with Gasteiger partial charge in [0.15, 0.2) is 28.7 Å². The number of hydrogen-bond donors (Lipinski definition) is 4. The van der Waals surface area contributed by atoms with Crippen molar-refractivity contribution in [2.75, 3.05) is 37.9 Å². The molecule has 2 heterocycles. The summed E-state index contributed by atoms with van der Waals surface area (Å²) in [5, 5.41) is 21.9. The van der Waals surface area contributed by atoms with Gasteiger partial charge < -0.3 is 25.8 Å². The Hall–Kier alpha value is -3.47. The fraction of sp³-hybridized carbons (Fsp3) is 0.316. The quantitative estimate of drug-likeness (QED) is 0.442. The molecule has 11 heteroatoms. The molecule has 1 amide bonds. The summed E-state index contributed by atoms with van der Waals surface area (Å²) in [7, 11) is 2.93. The van der Waals surface area contributed by atoms with Crippen molar-refractivity contribution in [3.63, 3.8) is 0 Å². The van der Waals surface area contributed by atoms with Crippen molar-refractivity contribution < 1.29 is 23.4 Å². The lowest BCUT2D eigenvalue weighted by Gasteiger charge is -2.14. The maximum atomic E-state index is 14.0. The van der Waals surface area contributed by atoms with Crippen LogP contribution in [0, 0.1) is 17.6 Å². The number of nitrogens with one attached hydrogen (secondary N) is 3. The highest BCUT2D eigenvalue weighted by molar-refractivity contribution is 5.94. The Morgan fingerprint density at radius 3 is 2.73 bits per heavy atom. The van der Waals surface area contributed by atoms with Gasteiger partial charge >= 0.3 is 0 Å². The molecule has 9 nitrogen and oxygen atoms in total. The minimum Gasteiger partial charge on any atom is -0.492 e. The van der Waals surface area contributed by atoms with E-state index in [1.165, 1.54) is 17.8 Å². The Morgan fingerprint density at radius 1 is 1.30 bits per heavy atom. The molecule has 0 spiro atoms. The minimum absolute atomic E-state index is 0.0341. The van der Waals surface area contributed by atoms with E-state index in [2.05, 4.69) is 26.0 Å². The lowest BCUT2D eigenvalue weighted by Crippen LogP contribution is -2.30. The number of fused-ring (bicyclic) bond motifs is 1. The van der Waals surface area contributed by atoms with Crippen molar-refractivity contribution >= 4 is 28.7 Å². The molecule has 0 aliphatic heterocycles. The first kappa shape index (κ1) is 21.2. The SMILES string of the molecule is CNc1cc(Nc2cc(F)cc(F)c2OC)nn2c(C(=O)NCC(C)CO)cnc12. The summed E-state index contributed by atoms with van der Waals surface area (Å²) >= 11 is 0. The summed E-state index contributed by atoms with van der Waals surface area (Å²) in [4.78, 5) is 16.8. The Bertz CT molecular complexity index is 1070. The van der Waals surface area contributed by atoms with Crippen LogP contribution in [0.25, 0.3) is 5.65 Å². The Labute approximate surface area is 171 Å². The zero-order valence-corrected chi connectivity index (χ0v) is 16.7. The molecule has 0 aliphatic rings. The third-order valence-electron chi connectivity index (χ3n) is 4.37. The van der Waals surface area contributed by atoms with Gasteiger partial charge in [-0.05, 0) is 5.92 Å². The second kappa shape index (κ2) is 8.91. The number of ether oxygens (including phenoxy) is 1. The van der Waals surface area contributed by atoms with Crippen molar-refractivity contribution in [2.45, 2.75) is 6.92 Å². The number of nitrogens with zero attached hydrogens (tertiary/aromatic N) is 3. The van der Waals surface area contributed by atoms with E-state index in [9.17, 15) is 13.6 Å². The van der Waals surface area contributed by atoms with Gasteiger partial charge in [-0.15, -0.1) is 5.10 Å². The lowest BCUT2D eigenvalue weighted by molar-refractivity contribution is 0.0935. The Morgan fingerprint density at radius 2 is 2.07 bits per heavy atom. The molecule has 3 aromatic rings. The largest absolute Gasteiger partial charge is 0.492 e. The highest BCUT2D eigenvalue weighted by Crippen LogP contribution is 2.32. The number of aliphatic hydroxyl groups excluding tert-OH is 1. The van der Waals surface area contributed by atoms with E-state index in [1.54, 1.807) is 20.0 Å². The Balaban J connectivity index is 2.00. The smallest absolute Gasteiger partial charge is 0.271 e. The van der Waals surface area contributed by atoms with Gasteiger partial charge in [0, 0.05) is 38.4 Å². The number of benzene rings is 1. The molecule has 0 fully saturated rings. The van der Waals surface area contributed by atoms with Gasteiger partial charge in [-0.3, -0.25) is 4.79 Å². The molecular weight excluding hydrogens is 398 g/mol. The van der Waals surface area contributed by atoms with Gasteiger partial charge in [-0.25, -0.2) is 18.3 Å². The van der Waals surface area contributed by atoms with E-state index in [4.69, 9.17) is 9.84 Å². The second-order valence-corrected chi connectivity index (χ2v) is 6.66. The van der Waals surface area contributed by atoms with Crippen LogP contribution in [0.5, 0.6) is 5.75 Å². The topological polar surface area (TPSA) is 113 Å². The van der Waals surface area contributed by atoms with Crippen LogP contribution in [0.3, 0.4) is 0 Å². The molecule has 1 unspecified atom stereocenters. The molecule has 0 saturated carbocycles. The molecule has 160 valence electrons. The number of aromatic nitrogens is 3. The van der Waals surface area contributed by atoms with E-state index in [1.807, 2.05) is 0 Å². The number of rotatable bonds is 8. The molecule has 0 saturated heterocycles. The number of hydrogen-bond acceptors (Lipinski definition) is 7. The van der Waals surface area contributed by atoms with Gasteiger partial charge in [-0.2, -0.15) is 0 Å². The van der Waals surface area contributed by atoms with E-state index >= 15 is 0 Å². The average molecular weight is 420 g/mol. The highest BCUT2D eigenvalue weighted by Gasteiger charge is 2.18. The average Bonchev–Trinajstić information content (AvgIpc) is 3.15. The number of aliphatic hydroxyl groups is 1. The zero-order valence-electron chi connectivity index (χ0n) is 16.7. The molecule has 1 atom stereocenters. The normalized spacial score (nSPS) is 11.9. The number of anilines is 3. The maximum Gasteiger partial charge on any atom is 0.271 e. The first-order valence-electron chi connectivity index (χ1n) is 9.13. The van der Waals surface area contributed by atoms with Crippen molar-refractivity contribution in [2.24, 2.45) is 5.92 Å². The summed E-state index contributed by atoms with van der Waals surface area (Å²) in [5.74, 6) is -2.16. The van der Waals surface area contributed by atoms with Gasteiger partial charge in [0.25, 0.3) is 5.91 Å². The van der Waals surface area contributed by atoms with Crippen molar-refractivity contribution in [3.05, 3.63) is 41.7 Å². The molecule has 4 N–H and O–H groups in total. The van der Waals surface area contributed by atoms with Crippen LogP contribution < -0.4 is 20.7 Å². The predicted octanol–water partition coefficient (Wildman–Crippen LogP) is 2.16. The number of methoxy groups -OCH3 is 1. The van der Waals surface area contributed by atoms with Gasteiger partial charge in [0.05, 0.1) is 24.7 Å². The van der Waals surface area contributed by atoms with E-state index in [-0.39, 0.29) is 42.0 Å². The molecule has 0 bridgehead atoms. The molecule has 0 radical (unpaired) electrons. The van der Waals surface area contributed by atoms with Crippen molar-refractivity contribution in [1.29, 1.82) is 0 Å². The van der Waals surface area contributed by atoms with Crippen LogP contribution in [0.1, 0.15) is 17.4 Å². The zero-order chi connectivity index (χ0) is 21.8. The predicted molar refractivity (Wildman–Crippen MR) is 107 cm³/mol. The first-order valence-corrected chi connectivity index (χ1v) is 9.13. The highest BCUT2D eigenvalue weighted by atomic mass is 19.1. The molecule has 2 aromatic heterocycles. The van der Waals surface area contributed by atoms with Gasteiger partial charge in [-0.1, -0.05) is 6.92 Å². The first-order chi connectivity index (χ1) is 14.4. The number of amides is 1. The standard InChI is InChI=1S/C19H22F2N6O3/c1-10(9-28)7-24-19(29)15-8-23-18-14(22-2)6-16(26-27(15)18)25-13-5-11(20)4-12(21)17(13)30-3/h4-6,8,10,22,28H,7,9H2,1-3H3,(H,24,29)(H,25,26). The summed E-state index contributed by atoms with van der Waals surface area (Å²) in [5.41, 5.74) is 1.12. The minimum atomic E-state index is -0.865. The van der Waals surface area contributed by atoms with E-state index in [0.717, 1.165) is 6.07 Å². The van der Waals surface area contributed by atoms with Crippen LogP contribution in [0.15, 0.2) is 24.4 Å². The van der Waals surface area contributed by atoms with Crippen LogP contribution in [0.4, 0.5) is 26.0 Å². The van der Waals surface area contributed by atoms with E-state index in [0.29, 0.717) is 17.4 Å². The molecule has 3 rings (SSSR count). The van der Waals surface area contributed by atoms with Crippen LogP contribution in [-0.4, -0.2) is 52.9 Å². The number of imidazole rings is 1. The summed E-state index contributed by atoms with van der Waals surface area (Å²) in [6.45, 7) is 2.01. The molecule has 0 aliphatic carbocycles. The number of halogens is 2. The molecule has 1 aromatic carbocycles. The monoisotopic (exact) mass is 420 g/mol. The summed E-state index contributed by atoms with van der Waals surface area (Å²) in [6.07, 6.45) is 1.37. The van der Waals surface area contributed by atoms with E-state index < -0.39 is 17.5 Å². The molecule has 30 heavy (non-hydrogen) atoms. The summed E-state index contributed by atoms with van der Waals surface area (Å²) < 4.78 is 34.0. The number of carbonyl (C=O) groups excluding carboxylic acids is 1. The Kier molecular flexibility index (Phi) is 6.31. The maximum absolute atomic E-state index is 14.0. The third kappa shape index (κ3) is 4.25. The van der Waals surface area contributed by atoms with Crippen LogP contribution in [0.2, 0.25) is 0 Å². The lowest BCUT2D eigenvalue weighted by atomic mass is 10.2. The number of carbonyl (C=O) groups is 1. The summed E-state index contributed by atoms with van der Waals surface area (Å²) in [6, 6.07) is 3.37. The fourth-order valence-electron chi connectivity index (χ4n) is 2.79. The molecular formula is C19H22F2N6O3. The van der Waals surface area contributed by atoms with Crippen LogP contribution in [-0.2, 0) is 0 Å². The second-order valence-electron chi connectivity index (χ2n) is 6.66. The van der Waals surface area contributed by atoms with Gasteiger partial charge in [0.2, 0.25) is 0 Å². The van der Waals surface area contributed by atoms with Crippen LogP contribution >= 0.6 is 0 Å². The fourth-order valence-corrected chi connectivity index (χ4v) is 2.79. The van der Waals surface area contributed by atoms with Crippen molar-refractivity contribution in [3.8, 4) is 5.75 Å².